The van der Waals surface area contributed by atoms with Crippen molar-refractivity contribution in [3.8, 4) is 0 Å². The van der Waals surface area contributed by atoms with E-state index in [0.29, 0.717) is 18.8 Å². The molecule has 2 heterocycles. The Labute approximate surface area is 82.3 Å². The summed E-state index contributed by atoms with van der Waals surface area (Å²) >= 11 is 0. The Morgan fingerprint density at radius 1 is 1.64 bits per heavy atom. The predicted molar refractivity (Wildman–Crippen MR) is 51.0 cm³/mol. The fraction of sp³-hybridized carbons (Fsp3) is 0.400. The SMILES string of the molecule is Cc1cc(C(=O)NC2COC2)ccn1. The fourth-order valence-electron chi connectivity index (χ4n) is 1.27. The number of hydrogen-bond acceptors (Lipinski definition) is 3. The third-order valence-electron chi connectivity index (χ3n) is 2.13. The highest BCUT2D eigenvalue weighted by Gasteiger charge is 2.20. The lowest BCUT2D eigenvalue weighted by Crippen LogP contribution is -2.48. The molecule has 0 radical (unpaired) electrons. The summed E-state index contributed by atoms with van der Waals surface area (Å²) in [6.45, 7) is 3.11. The Kier molecular flexibility index (Phi) is 2.45. The van der Waals surface area contributed by atoms with Crippen LogP contribution < -0.4 is 5.32 Å². The number of nitrogens with zero attached hydrogens (tertiary/aromatic N) is 1. The highest BCUT2D eigenvalue weighted by atomic mass is 16.5. The molecule has 0 unspecified atom stereocenters. The molecular weight excluding hydrogens is 180 g/mol. The van der Waals surface area contributed by atoms with Crippen LogP contribution in [-0.2, 0) is 4.74 Å². The molecule has 1 fully saturated rings. The first kappa shape index (κ1) is 9.15. The lowest BCUT2D eigenvalue weighted by atomic mass is 10.2. The van der Waals surface area contributed by atoms with Crippen LogP contribution in [0.3, 0.4) is 0 Å². The highest BCUT2D eigenvalue weighted by Crippen LogP contribution is 2.04. The summed E-state index contributed by atoms with van der Waals surface area (Å²) in [5.74, 6) is -0.0520. The van der Waals surface area contributed by atoms with Crippen LogP contribution in [0.15, 0.2) is 18.3 Å². The zero-order valence-corrected chi connectivity index (χ0v) is 7.99. The van der Waals surface area contributed by atoms with Crippen LogP contribution >= 0.6 is 0 Å². The van der Waals surface area contributed by atoms with Gasteiger partial charge in [-0.2, -0.15) is 0 Å². The maximum atomic E-state index is 11.6. The minimum Gasteiger partial charge on any atom is -0.377 e. The molecule has 1 aliphatic rings. The first-order valence-electron chi connectivity index (χ1n) is 4.57. The Morgan fingerprint density at radius 2 is 2.43 bits per heavy atom. The fourth-order valence-corrected chi connectivity index (χ4v) is 1.27. The molecule has 1 N–H and O–H groups in total. The van der Waals surface area contributed by atoms with Crippen LogP contribution in [-0.4, -0.2) is 30.1 Å². The molecule has 14 heavy (non-hydrogen) atoms. The number of carbonyl (C=O) groups is 1. The summed E-state index contributed by atoms with van der Waals surface area (Å²) in [6.07, 6.45) is 1.64. The predicted octanol–water partition coefficient (Wildman–Crippen LogP) is 0.519. The van der Waals surface area contributed by atoms with Crippen molar-refractivity contribution >= 4 is 5.91 Å². The molecule has 1 aliphatic heterocycles. The smallest absolute Gasteiger partial charge is 0.251 e. The maximum absolute atomic E-state index is 11.6. The highest BCUT2D eigenvalue weighted by molar-refractivity contribution is 5.94. The quantitative estimate of drug-likeness (QED) is 0.743. The summed E-state index contributed by atoms with van der Waals surface area (Å²) in [6, 6.07) is 3.66. The molecule has 1 aromatic rings. The van der Waals surface area contributed by atoms with Crippen molar-refractivity contribution in [1.29, 1.82) is 0 Å². The summed E-state index contributed by atoms with van der Waals surface area (Å²) in [5, 5.41) is 2.87. The molecule has 1 saturated heterocycles. The number of carbonyl (C=O) groups excluding carboxylic acids is 1. The first-order chi connectivity index (χ1) is 6.75. The van der Waals surface area contributed by atoms with Crippen molar-refractivity contribution in [2.45, 2.75) is 13.0 Å². The molecule has 0 aromatic carbocycles. The standard InChI is InChI=1S/C10H12N2O2/c1-7-4-8(2-3-11-7)10(13)12-9-5-14-6-9/h2-4,9H,5-6H2,1H3,(H,12,13). The van der Waals surface area contributed by atoms with E-state index in [-0.39, 0.29) is 11.9 Å². The lowest BCUT2D eigenvalue weighted by Gasteiger charge is -2.26. The Hall–Kier alpha value is -1.42. The Bertz CT molecular complexity index is 348. The molecule has 2 rings (SSSR count). The molecule has 4 heteroatoms. The molecule has 1 amide bonds. The average Bonchev–Trinajstić information content (AvgIpc) is 2.11. The summed E-state index contributed by atoms with van der Waals surface area (Å²) < 4.78 is 4.97. The van der Waals surface area contributed by atoms with Gasteiger partial charge in [0.2, 0.25) is 0 Å². The zero-order valence-electron chi connectivity index (χ0n) is 7.99. The van der Waals surface area contributed by atoms with Gasteiger partial charge in [0, 0.05) is 17.5 Å². The van der Waals surface area contributed by atoms with E-state index in [9.17, 15) is 4.79 Å². The minimum absolute atomic E-state index is 0.0520. The summed E-state index contributed by atoms with van der Waals surface area (Å²) in [4.78, 5) is 15.6. The van der Waals surface area contributed by atoms with E-state index in [1.54, 1.807) is 18.3 Å². The number of aryl methyl sites for hydroxylation is 1. The number of amides is 1. The van der Waals surface area contributed by atoms with Crippen molar-refractivity contribution in [3.05, 3.63) is 29.6 Å². The van der Waals surface area contributed by atoms with Gasteiger partial charge in [-0.15, -0.1) is 0 Å². The number of rotatable bonds is 2. The maximum Gasteiger partial charge on any atom is 0.251 e. The van der Waals surface area contributed by atoms with Crippen LogP contribution in [0.25, 0.3) is 0 Å². The number of aromatic nitrogens is 1. The molecule has 0 saturated carbocycles. The van der Waals surface area contributed by atoms with E-state index >= 15 is 0 Å². The molecule has 4 nitrogen and oxygen atoms in total. The van der Waals surface area contributed by atoms with Crippen molar-refractivity contribution in [2.75, 3.05) is 13.2 Å². The van der Waals surface area contributed by atoms with Gasteiger partial charge in [0.15, 0.2) is 0 Å². The largest absolute Gasteiger partial charge is 0.377 e. The molecule has 0 aliphatic carbocycles. The minimum atomic E-state index is -0.0520. The van der Waals surface area contributed by atoms with Gasteiger partial charge in [0.1, 0.15) is 0 Å². The molecule has 1 aromatic heterocycles. The van der Waals surface area contributed by atoms with E-state index in [2.05, 4.69) is 10.3 Å². The second-order valence-electron chi connectivity index (χ2n) is 3.39. The van der Waals surface area contributed by atoms with Gasteiger partial charge < -0.3 is 10.1 Å². The van der Waals surface area contributed by atoms with E-state index in [1.807, 2.05) is 6.92 Å². The van der Waals surface area contributed by atoms with Crippen LogP contribution in [0.5, 0.6) is 0 Å². The third-order valence-corrected chi connectivity index (χ3v) is 2.13. The van der Waals surface area contributed by atoms with Crippen molar-refractivity contribution in [2.24, 2.45) is 0 Å². The van der Waals surface area contributed by atoms with Crippen LogP contribution in [0, 0.1) is 6.92 Å². The van der Waals surface area contributed by atoms with Gasteiger partial charge >= 0.3 is 0 Å². The van der Waals surface area contributed by atoms with Crippen molar-refractivity contribution < 1.29 is 9.53 Å². The summed E-state index contributed by atoms with van der Waals surface area (Å²) in [5.41, 5.74) is 1.51. The average molecular weight is 192 g/mol. The van der Waals surface area contributed by atoms with E-state index in [0.717, 1.165) is 5.69 Å². The van der Waals surface area contributed by atoms with E-state index in [4.69, 9.17) is 4.74 Å². The van der Waals surface area contributed by atoms with Crippen LogP contribution in [0.4, 0.5) is 0 Å². The molecule has 74 valence electrons. The normalized spacial score (nSPS) is 16.1. The van der Waals surface area contributed by atoms with Gasteiger partial charge in [-0.3, -0.25) is 9.78 Å². The molecule has 0 atom stereocenters. The van der Waals surface area contributed by atoms with Crippen LogP contribution in [0.1, 0.15) is 16.1 Å². The van der Waals surface area contributed by atoms with Gasteiger partial charge in [-0.1, -0.05) is 0 Å². The monoisotopic (exact) mass is 192 g/mol. The van der Waals surface area contributed by atoms with Crippen molar-refractivity contribution in [1.82, 2.24) is 10.3 Å². The van der Waals surface area contributed by atoms with Gasteiger partial charge in [0.25, 0.3) is 5.91 Å². The lowest BCUT2D eigenvalue weighted by molar-refractivity contribution is -0.00346. The molecule has 0 bridgehead atoms. The number of pyridine rings is 1. The van der Waals surface area contributed by atoms with Gasteiger partial charge in [-0.05, 0) is 19.1 Å². The second-order valence-corrected chi connectivity index (χ2v) is 3.39. The molecule has 0 spiro atoms. The van der Waals surface area contributed by atoms with E-state index < -0.39 is 0 Å². The first-order valence-corrected chi connectivity index (χ1v) is 4.57. The Balaban J connectivity index is 2.02. The Morgan fingerprint density at radius 3 is 3.00 bits per heavy atom. The second kappa shape index (κ2) is 3.75. The zero-order chi connectivity index (χ0) is 9.97. The van der Waals surface area contributed by atoms with Crippen molar-refractivity contribution in [3.63, 3.8) is 0 Å². The number of nitrogens with one attached hydrogen (secondary N) is 1. The third kappa shape index (κ3) is 1.90. The number of hydrogen-bond donors (Lipinski definition) is 1. The summed E-state index contributed by atoms with van der Waals surface area (Å²) in [7, 11) is 0. The van der Waals surface area contributed by atoms with Crippen LogP contribution in [0.2, 0.25) is 0 Å². The van der Waals surface area contributed by atoms with Gasteiger partial charge in [-0.25, -0.2) is 0 Å². The topological polar surface area (TPSA) is 51.2 Å². The molecular formula is C10H12N2O2. The number of ether oxygens (including phenoxy) is 1. The van der Waals surface area contributed by atoms with E-state index in [1.165, 1.54) is 0 Å². The van der Waals surface area contributed by atoms with Gasteiger partial charge in [0.05, 0.1) is 19.3 Å².